The first-order chi connectivity index (χ1) is 8.63. The number of nitrogens with zero attached hydrogens (tertiary/aromatic N) is 2. The summed E-state index contributed by atoms with van der Waals surface area (Å²) >= 11 is 0. The second-order valence-electron chi connectivity index (χ2n) is 4.59. The van der Waals surface area contributed by atoms with Gasteiger partial charge in [0.15, 0.2) is 0 Å². The third kappa shape index (κ3) is 2.46. The lowest BCUT2D eigenvalue weighted by Crippen LogP contribution is -2.42. The zero-order chi connectivity index (χ0) is 13.1. The molecule has 1 aromatic heterocycles. The number of carbonyl (C=O) groups is 1. The van der Waals surface area contributed by atoms with Gasteiger partial charge in [-0.3, -0.25) is 4.79 Å². The summed E-state index contributed by atoms with van der Waals surface area (Å²) in [4.78, 5) is 18.1. The van der Waals surface area contributed by atoms with E-state index < -0.39 is 6.10 Å². The number of nitrogens with one attached hydrogen (secondary N) is 1. The minimum Gasteiger partial charge on any atom is -0.389 e. The van der Waals surface area contributed by atoms with Crippen LogP contribution < -0.4 is 10.2 Å². The lowest BCUT2D eigenvalue weighted by molar-refractivity contribution is -0.121. The first-order valence-electron chi connectivity index (χ1n) is 6.25. The van der Waals surface area contributed by atoms with E-state index in [-0.39, 0.29) is 11.9 Å². The van der Waals surface area contributed by atoms with Crippen LogP contribution in [-0.2, 0) is 4.79 Å². The van der Waals surface area contributed by atoms with Crippen molar-refractivity contribution in [2.24, 2.45) is 0 Å². The van der Waals surface area contributed by atoms with Crippen LogP contribution in [0.4, 0.5) is 5.82 Å². The molecule has 1 saturated heterocycles. The quantitative estimate of drug-likeness (QED) is 0.833. The molecule has 2 unspecified atom stereocenters. The maximum Gasteiger partial charge on any atom is 0.242 e. The molecule has 0 aromatic carbocycles. The number of carbonyl (C=O) groups excluding carboxylic acids is 1. The molecule has 1 aliphatic rings. The molecule has 0 saturated carbocycles. The van der Waals surface area contributed by atoms with E-state index in [1.807, 2.05) is 11.0 Å². The van der Waals surface area contributed by atoms with Gasteiger partial charge in [-0.1, -0.05) is 0 Å². The van der Waals surface area contributed by atoms with Crippen LogP contribution in [0.25, 0.3) is 0 Å². The Balaban J connectivity index is 2.24. The summed E-state index contributed by atoms with van der Waals surface area (Å²) in [5.41, 5.74) is 0.822. The van der Waals surface area contributed by atoms with Crippen LogP contribution in [0.3, 0.4) is 0 Å². The van der Waals surface area contributed by atoms with Crippen molar-refractivity contribution in [1.82, 2.24) is 10.3 Å². The van der Waals surface area contributed by atoms with Crippen LogP contribution in [-0.4, -0.2) is 35.6 Å². The second-order valence-corrected chi connectivity index (χ2v) is 4.59. The molecule has 0 spiro atoms. The van der Waals surface area contributed by atoms with E-state index in [9.17, 15) is 9.90 Å². The lowest BCUT2D eigenvalue weighted by Gasteiger charge is -2.24. The van der Waals surface area contributed by atoms with E-state index in [1.54, 1.807) is 26.2 Å². The highest BCUT2D eigenvalue weighted by Crippen LogP contribution is 2.25. The van der Waals surface area contributed by atoms with Gasteiger partial charge in [-0.15, -0.1) is 0 Å². The summed E-state index contributed by atoms with van der Waals surface area (Å²) in [7, 11) is 1.65. The summed E-state index contributed by atoms with van der Waals surface area (Å²) < 4.78 is 0. The zero-order valence-corrected chi connectivity index (χ0v) is 10.8. The Morgan fingerprint density at radius 1 is 1.67 bits per heavy atom. The molecule has 0 bridgehead atoms. The summed E-state index contributed by atoms with van der Waals surface area (Å²) in [6.45, 7) is 2.55. The fourth-order valence-electron chi connectivity index (χ4n) is 2.33. The van der Waals surface area contributed by atoms with E-state index >= 15 is 0 Å². The predicted octanol–water partition coefficient (Wildman–Crippen LogP) is 0.850. The molecule has 5 nitrogen and oxygen atoms in total. The molecule has 2 rings (SSSR count). The van der Waals surface area contributed by atoms with Crippen LogP contribution in [0.1, 0.15) is 31.4 Å². The first kappa shape index (κ1) is 12.8. The van der Waals surface area contributed by atoms with Crippen molar-refractivity contribution in [3.05, 3.63) is 23.9 Å². The number of aliphatic hydroxyl groups is 1. The van der Waals surface area contributed by atoms with Crippen LogP contribution >= 0.6 is 0 Å². The van der Waals surface area contributed by atoms with Crippen LogP contribution in [0.15, 0.2) is 18.3 Å². The Morgan fingerprint density at radius 3 is 3.11 bits per heavy atom. The molecule has 1 aromatic rings. The van der Waals surface area contributed by atoms with E-state index in [2.05, 4.69) is 10.3 Å². The minimum atomic E-state index is -0.521. The summed E-state index contributed by atoms with van der Waals surface area (Å²) in [6.07, 6.45) is 2.99. The average molecular weight is 249 g/mol. The van der Waals surface area contributed by atoms with Crippen molar-refractivity contribution in [1.29, 1.82) is 0 Å². The minimum absolute atomic E-state index is 0.0248. The smallest absolute Gasteiger partial charge is 0.242 e. The highest BCUT2D eigenvalue weighted by Gasteiger charge is 2.31. The maximum absolute atomic E-state index is 11.8. The van der Waals surface area contributed by atoms with Gasteiger partial charge in [0, 0.05) is 19.8 Å². The fraction of sp³-hybridized carbons (Fsp3) is 0.538. The Labute approximate surface area is 107 Å². The number of rotatable bonds is 3. The number of aliphatic hydroxyl groups excluding tert-OH is 1. The van der Waals surface area contributed by atoms with Gasteiger partial charge in [-0.05, 0) is 37.5 Å². The van der Waals surface area contributed by atoms with Gasteiger partial charge in [-0.2, -0.15) is 0 Å². The molecule has 5 heteroatoms. The normalized spacial score (nSPS) is 20.8. The Kier molecular flexibility index (Phi) is 3.81. The number of pyridine rings is 1. The van der Waals surface area contributed by atoms with Crippen molar-refractivity contribution in [3.63, 3.8) is 0 Å². The standard InChI is InChI=1S/C13H19N3O2/c1-9(17)10-5-6-15-12(8-10)16-7-3-4-11(16)13(18)14-2/h5-6,8-9,11,17H,3-4,7H2,1-2H3,(H,14,18). The van der Waals surface area contributed by atoms with E-state index in [0.717, 1.165) is 30.8 Å². The van der Waals surface area contributed by atoms with E-state index in [4.69, 9.17) is 0 Å². The van der Waals surface area contributed by atoms with Gasteiger partial charge < -0.3 is 15.3 Å². The molecule has 1 fully saturated rings. The topological polar surface area (TPSA) is 65.5 Å². The highest BCUT2D eigenvalue weighted by molar-refractivity contribution is 5.85. The van der Waals surface area contributed by atoms with Crippen LogP contribution in [0.5, 0.6) is 0 Å². The maximum atomic E-state index is 11.8. The van der Waals surface area contributed by atoms with Gasteiger partial charge in [0.1, 0.15) is 11.9 Å². The fourth-order valence-corrected chi connectivity index (χ4v) is 2.33. The number of likely N-dealkylation sites (N-methyl/N-ethyl adjacent to an activating group) is 1. The average Bonchev–Trinajstić information content (AvgIpc) is 2.87. The number of anilines is 1. The Hall–Kier alpha value is -1.62. The van der Waals surface area contributed by atoms with Crippen molar-refractivity contribution in [3.8, 4) is 0 Å². The third-order valence-corrected chi connectivity index (χ3v) is 3.35. The van der Waals surface area contributed by atoms with Gasteiger partial charge in [0.25, 0.3) is 0 Å². The van der Waals surface area contributed by atoms with Gasteiger partial charge in [-0.25, -0.2) is 4.98 Å². The molecule has 2 heterocycles. The molecule has 2 N–H and O–H groups in total. The molecular weight excluding hydrogens is 230 g/mol. The summed E-state index contributed by atoms with van der Waals surface area (Å²) in [5, 5.41) is 12.3. The van der Waals surface area contributed by atoms with E-state index in [1.165, 1.54) is 0 Å². The summed E-state index contributed by atoms with van der Waals surface area (Å²) in [5.74, 6) is 0.788. The molecular formula is C13H19N3O2. The molecule has 0 radical (unpaired) electrons. The largest absolute Gasteiger partial charge is 0.389 e. The molecule has 18 heavy (non-hydrogen) atoms. The number of aromatic nitrogens is 1. The zero-order valence-electron chi connectivity index (χ0n) is 10.8. The van der Waals surface area contributed by atoms with Crippen LogP contribution in [0.2, 0.25) is 0 Å². The molecule has 98 valence electrons. The van der Waals surface area contributed by atoms with Crippen molar-refractivity contribution >= 4 is 11.7 Å². The number of hydrogen-bond acceptors (Lipinski definition) is 4. The molecule has 2 atom stereocenters. The number of hydrogen-bond donors (Lipinski definition) is 2. The molecule has 1 amide bonds. The van der Waals surface area contributed by atoms with Crippen molar-refractivity contribution in [2.75, 3.05) is 18.5 Å². The number of amides is 1. The van der Waals surface area contributed by atoms with Gasteiger partial charge >= 0.3 is 0 Å². The van der Waals surface area contributed by atoms with E-state index in [0.29, 0.717) is 0 Å². The monoisotopic (exact) mass is 249 g/mol. The van der Waals surface area contributed by atoms with Gasteiger partial charge in [0.05, 0.1) is 6.10 Å². The van der Waals surface area contributed by atoms with Crippen molar-refractivity contribution in [2.45, 2.75) is 31.9 Å². The van der Waals surface area contributed by atoms with Crippen LogP contribution in [0, 0.1) is 0 Å². The van der Waals surface area contributed by atoms with Crippen molar-refractivity contribution < 1.29 is 9.90 Å². The SMILES string of the molecule is CNC(=O)C1CCCN1c1cc(C(C)O)ccn1. The lowest BCUT2D eigenvalue weighted by atomic mass is 10.1. The molecule has 1 aliphatic heterocycles. The second kappa shape index (κ2) is 5.35. The Morgan fingerprint density at radius 2 is 2.44 bits per heavy atom. The highest BCUT2D eigenvalue weighted by atomic mass is 16.3. The molecule has 0 aliphatic carbocycles. The first-order valence-corrected chi connectivity index (χ1v) is 6.25. The third-order valence-electron chi connectivity index (χ3n) is 3.35. The van der Waals surface area contributed by atoms with Gasteiger partial charge in [0.2, 0.25) is 5.91 Å². The summed E-state index contributed by atoms with van der Waals surface area (Å²) in [6, 6.07) is 3.50. The Bertz CT molecular complexity index is 434. The predicted molar refractivity (Wildman–Crippen MR) is 69.3 cm³/mol.